The van der Waals surface area contributed by atoms with Gasteiger partial charge in [0, 0.05) is 12.1 Å². The van der Waals surface area contributed by atoms with Gasteiger partial charge in [0.15, 0.2) is 5.78 Å². The van der Waals surface area contributed by atoms with Gasteiger partial charge < -0.3 is 10.2 Å². The maximum Gasteiger partial charge on any atom is 0.254 e. The Bertz CT molecular complexity index is 459. The summed E-state index contributed by atoms with van der Waals surface area (Å²) in [6.45, 7) is 0.532. The Kier molecular flexibility index (Phi) is 3.72. The Hall–Kier alpha value is -2.17. The van der Waals surface area contributed by atoms with Gasteiger partial charge in [0.1, 0.15) is 0 Å². The van der Waals surface area contributed by atoms with E-state index in [2.05, 4.69) is 5.32 Å². The number of benzene rings is 1. The number of nitrogens with one attached hydrogen (secondary N) is 1. The topological polar surface area (TPSA) is 66.5 Å². The maximum absolute atomic E-state index is 12.1. The van der Waals surface area contributed by atoms with Gasteiger partial charge in [0.25, 0.3) is 5.91 Å². The third kappa shape index (κ3) is 2.56. The van der Waals surface area contributed by atoms with Crippen LogP contribution in [-0.2, 0) is 9.59 Å². The monoisotopic (exact) mass is 246 g/mol. The van der Waals surface area contributed by atoms with E-state index in [1.807, 2.05) is 6.07 Å². The number of likely N-dealkylation sites (tertiary alicyclic amines) is 1. The SMILES string of the molecule is O=CNC1CCN(C(=O)c2ccccc2)CC1=O. The lowest BCUT2D eigenvalue weighted by atomic mass is 10.0. The summed E-state index contributed by atoms with van der Waals surface area (Å²) in [4.78, 5) is 35.6. The molecule has 0 aliphatic carbocycles. The van der Waals surface area contributed by atoms with E-state index < -0.39 is 6.04 Å². The summed E-state index contributed by atoms with van der Waals surface area (Å²) in [6.07, 6.45) is 0.993. The van der Waals surface area contributed by atoms with Crippen molar-refractivity contribution in [3.05, 3.63) is 35.9 Å². The highest BCUT2D eigenvalue weighted by atomic mass is 16.2. The molecule has 1 heterocycles. The smallest absolute Gasteiger partial charge is 0.254 e. The van der Waals surface area contributed by atoms with Crippen LogP contribution in [0.4, 0.5) is 0 Å². The van der Waals surface area contributed by atoms with Crippen LogP contribution < -0.4 is 5.32 Å². The highest BCUT2D eigenvalue weighted by Gasteiger charge is 2.29. The molecular weight excluding hydrogens is 232 g/mol. The fourth-order valence-corrected chi connectivity index (χ4v) is 2.02. The Morgan fingerprint density at radius 2 is 2.06 bits per heavy atom. The molecule has 5 heteroatoms. The number of hydrogen-bond acceptors (Lipinski definition) is 3. The quantitative estimate of drug-likeness (QED) is 0.776. The second-order valence-corrected chi connectivity index (χ2v) is 4.18. The first-order valence-corrected chi connectivity index (χ1v) is 5.79. The van der Waals surface area contributed by atoms with Crippen LogP contribution in [0.1, 0.15) is 16.8 Å². The predicted molar refractivity (Wildman–Crippen MR) is 65.0 cm³/mol. The van der Waals surface area contributed by atoms with Crippen LogP contribution in [0.3, 0.4) is 0 Å². The number of ketones is 1. The van der Waals surface area contributed by atoms with Gasteiger partial charge in [-0.3, -0.25) is 14.4 Å². The van der Waals surface area contributed by atoms with Gasteiger partial charge in [-0.2, -0.15) is 0 Å². The lowest BCUT2D eigenvalue weighted by molar-refractivity contribution is -0.126. The second-order valence-electron chi connectivity index (χ2n) is 4.18. The summed E-state index contributed by atoms with van der Waals surface area (Å²) in [5.74, 6) is -0.272. The van der Waals surface area contributed by atoms with Gasteiger partial charge in [-0.15, -0.1) is 0 Å². The Morgan fingerprint density at radius 3 is 2.67 bits per heavy atom. The van der Waals surface area contributed by atoms with E-state index in [9.17, 15) is 14.4 Å². The largest absolute Gasteiger partial charge is 0.349 e. The summed E-state index contributed by atoms with van der Waals surface area (Å²) in [7, 11) is 0. The highest BCUT2D eigenvalue weighted by molar-refractivity contribution is 5.98. The molecular formula is C13H14N2O3. The second kappa shape index (κ2) is 5.44. The van der Waals surface area contributed by atoms with Crippen LogP contribution in [0.15, 0.2) is 30.3 Å². The number of Topliss-reactive ketones (excluding diaryl/α,β-unsaturated/α-hetero) is 1. The van der Waals surface area contributed by atoms with E-state index in [0.29, 0.717) is 24.9 Å². The minimum absolute atomic E-state index is 0.0548. The fraction of sp³-hybridized carbons (Fsp3) is 0.308. The van der Waals surface area contributed by atoms with Crippen LogP contribution in [-0.4, -0.2) is 42.1 Å². The van der Waals surface area contributed by atoms with E-state index in [1.54, 1.807) is 24.3 Å². The lowest BCUT2D eigenvalue weighted by Crippen LogP contribution is -2.51. The Morgan fingerprint density at radius 1 is 1.33 bits per heavy atom. The van der Waals surface area contributed by atoms with Crippen molar-refractivity contribution in [3.8, 4) is 0 Å². The normalized spacial score (nSPS) is 19.4. The maximum atomic E-state index is 12.1. The number of hydrogen-bond donors (Lipinski definition) is 1. The standard InChI is InChI=1S/C13H14N2O3/c16-9-14-11-6-7-15(8-12(11)17)13(18)10-4-2-1-3-5-10/h1-5,9,11H,6-8H2,(H,14,16). The summed E-state index contributed by atoms with van der Waals surface area (Å²) in [6, 6.07) is 8.40. The first kappa shape index (κ1) is 12.3. The van der Waals surface area contributed by atoms with E-state index >= 15 is 0 Å². The zero-order valence-corrected chi connectivity index (χ0v) is 9.83. The summed E-state index contributed by atoms with van der Waals surface area (Å²) in [5.41, 5.74) is 0.576. The van der Waals surface area contributed by atoms with Gasteiger partial charge in [-0.05, 0) is 18.6 Å². The van der Waals surface area contributed by atoms with Crippen molar-refractivity contribution in [1.29, 1.82) is 0 Å². The lowest BCUT2D eigenvalue weighted by Gasteiger charge is -2.30. The third-order valence-electron chi connectivity index (χ3n) is 3.00. The van der Waals surface area contributed by atoms with Crippen molar-refractivity contribution in [3.63, 3.8) is 0 Å². The van der Waals surface area contributed by atoms with Gasteiger partial charge in [-0.1, -0.05) is 18.2 Å². The molecule has 1 aliphatic rings. The summed E-state index contributed by atoms with van der Waals surface area (Å²) in [5, 5.41) is 2.47. The summed E-state index contributed by atoms with van der Waals surface area (Å²) >= 11 is 0. The molecule has 94 valence electrons. The minimum Gasteiger partial charge on any atom is -0.349 e. The van der Waals surface area contributed by atoms with Gasteiger partial charge in [0.2, 0.25) is 6.41 Å². The molecule has 1 unspecified atom stereocenters. The number of carbonyl (C=O) groups excluding carboxylic acids is 3. The Balaban J connectivity index is 2.02. The van der Waals surface area contributed by atoms with Crippen molar-refractivity contribution in [2.45, 2.75) is 12.5 Å². The van der Waals surface area contributed by atoms with Crippen molar-refractivity contribution in [1.82, 2.24) is 10.2 Å². The molecule has 0 saturated carbocycles. The van der Waals surface area contributed by atoms with Crippen molar-refractivity contribution in [2.24, 2.45) is 0 Å². The molecule has 0 spiro atoms. The minimum atomic E-state index is -0.456. The van der Waals surface area contributed by atoms with Crippen LogP contribution in [0.5, 0.6) is 0 Å². The number of piperidine rings is 1. The molecule has 5 nitrogen and oxygen atoms in total. The molecule has 1 atom stereocenters. The number of carbonyl (C=O) groups is 3. The zero-order chi connectivity index (χ0) is 13.0. The molecule has 18 heavy (non-hydrogen) atoms. The van der Waals surface area contributed by atoms with Gasteiger partial charge in [-0.25, -0.2) is 0 Å². The van der Waals surface area contributed by atoms with Crippen molar-refractivity contribution >= 4 is 18.1 Å². The van der Waals surface area contributed by atoms with Gasteiger partial charge >= 0.3 is 0 Å². The molecule has 1 aliphatic heterocycles. The first-order valence-electron chi connectivity index (χ1n) is 5.79. The summed E-state index contributed by atoms with van der Waals surface area (Å²) < 4.78 is 0. The molecule has 1 aromatic rings. The molecule has 0 aromatic heterocycles. The molecule has 2 rings (SSSR count). The van der Waals surface area contributed by atoms with Crippen LogP contribution in [0.2, 0.25) is 0 Å². The predicted octanol–water partition coefficient (Wildman–Crippen LogP) is 0.216. The van der Waals surface area contributed by atoms with Crippen LogP contribution in [0, 0.1) is 0 Å². The Labute approximate surface area is 105 Å². The molecule has 2 amide bonds. The van der Waals surface area contributed by atoms with E-state index in [0.717, 1.165) is 0 Å². The first-order chi connectivity index (χ1) is 8.72. The molecule has 1 saturated heterocycles. The van der Waals surface area contributed by atoms with Crippen molar-refractivity contribution in [2.75, 3.05) is 13.1 Å². The number of amides is 2. The van der Waals surface area contributed by atoms with Crippen LogP contribution in [0.25, 0.3) is 0 Å². The number of rotatable bonds is 3. The van der Waals surface area contributed by atoms with E-state index in [4.69, 9.17) is 0 Å². The zero-order valence-electron chi connectivity index (χ0n) is 9.83. The third-order valence-corrected chi connectivity index (χ3v) is 3.00. The molecule has 1 fully saturated rings. The van der Waals surface area contributed by atoms with Crippen LogP contribution >= 0.6 is 0 Å². The molecule has 0 bridgehead atoms. The molecule has 0 radical (unpaired) electrons. The molecule has 1 aromatic carbocycles. The van der Waals surface area contributed by atoms with Gasteiger partial charge in [0.05, 0.1) is 12.6 Å². The van der Waals surface area contributed by atoms with Crippen molar-refractivity contribution < 1.29 is 14.4 Å². The van der Waals surface area contributed by atoms with E-state index in [-0.39, 0.29) is 18.2 Å². The fourth-order valence-electron chi connectivity index (χ4n) is 2.02. The molecule has 1 N–H and O–H groups in total. The highest BCUT2D eigenvalue weighted by Crippen LogP contribution is 2.11. The average Bonchev–Trinajstić information content (AvgIpc) is 2.41. The van der Waals surface area contributed by atoms with E-state index in [1.165, 1.54) is 4.90 Å². The number of nitrogens with zero attached hydrogens (tertiary/aromatic N) is 1. The average molecular weight is 246 g/mol.